The van der Waals surface area contributed by atoms with Crippen LogP contribution >= 0.6 is 22.9 Å². The zero-order valence-electron chi connectivity index (χ0n) is 13.6. The number of aromatic nitrogens is 1. The zero-order chi connectivity index (χ0) is 17.4. The van der Waals surface area contributed by atoms with Crippen molar-refractivity contribution in [3.05, 3.63) is 45.9 Å². The Hall–Kier alpha value is -0.990. The molecule has 25 heavy (non-hydrogen) atoms. The van der Waals surface area contributed by atoms with Gasteiger partial charge in [-0.1, -0.05) is 11.6 Å². The number of nitrogens with one attached hydrogen (secondary N) is 1. The molecule has 1 unspecified atom stereocenters. The molecule has 4 rings (SSSR count). The van der Waals surface area contributed by atoms with Crippen molar-refractivity contribution in [1.29, 1.82) is 0 Å². The molecule has 2 aromatic heterocycles. The predicted octanol–water partition coefficient (Wildman–Crippen LogP) is 2.99. The van der Waals surface area contributed by atoms with E-state index in [-0.39, 0.29) is 10.9 Å². The summed E-state index contributed by atoms with van der Waals surface area (Å²) in [6.07, 6.45) is 5.14. The van der Waals surface area contributed by atoms with Crippen LogP contribution in [0.25, 0.3) is 0 Å². The maximum atomic E-state index is 12.6. The summed E-state index contributed by atoms with van der Waals surface area (Å²) in [4.78, 5) is 7.86. The summed E-state index contributed by atoms with van der Waals surface area (Å²) in [6, 6.07) is 7.27. The number of fused-ring (bicyclic) bond motifs is 2. The molecular formula is C17H20ClN3O2S2. The van der Waals surface area contributed by atoms with Gasteiger partial charge in [-0.2, -0.15) is 0 Å². The van der Waals surface area contributed by atoms with Crippen molar-refractivity contribution < 1.29 is 8.42 Å². The topological polar surface area (TPSA) is 62.3 Å². The molecule has 2 aliphatic rings. The minimum Gasteiger partial charge on any atom is -0.298 e. The first kappa shape index (κ1) is 17.4. The van der Waals surface area contributed by atoms with Gasteiger partial charge in [0.1, 0.15) is 4.90 Å². The van der Waals surface area contributed by atoms with Gasteiger partial charge in [-0.3, -0.25) is 9.88 Å². The zero-order valence-corrected chi connectivity index (χ0v) is 16.0. The fraction of sp³-hybridized carbons (Fsp3) is 0.471. The van der Waals surface area contributed by atoms with Crippen molar-refractivity contribution in [3.63, 3.8) is 0 Å². The molecule has 0 spiro atoms. The van der Waals surface area contributed by atoms with Gasteiger partial charge in [0.15, 0.2) is 0 Å². The molecular weight excluding hydrogens is 378 g/mol. The molecule has 5 nitrogen and oxygen atoms in total. The Labute approximate surface area is 157 Å². The smallest absolute Gasteiger partial charge is 0.242 e. The van der Waals surface area contributed by atoms with E-state index in [4.69, 9.17) is 11.6 Å². The largest absolute Gasteiger partial charge is 0.298 e. The Balaban J connectivity index is 1.44. The Morgan fingerprint density at radius 3 is 2.60 bits per heavy atom. The third kappa shape index (κ3) is 3.75. The standard InChI is InChI=1S/C17H20ClN3O2S2/c18-16-6-5-14(24-16)11-21-9-12-3-4-13(10-21)17(12)20-25(22,23)15-2-1-7-19-8-15/h1-2,5-8,12-13,17,20H,3-4,9-11H2/t12-,13+,17?. The second kappa shape index (κ2) is 6.96. The molecule has 2 fully saturated rings. The van der Waals surface area contributed by atoms with E-state index in [0.29, 0.717) is 11.8 Å². The van der Waals surface area contributed by atoms with Crippen molar-refractivity contribution in [3.8, 4) is 0 Å². The van der Waals surface area contributed by atoms with Crippen LogP contribution in [0.3, 0.4) is 0 Å². The summed E-state index contributed by atoms with van der Waals surface area (Å²) in [7, 11) is -3.51. The summed E-state index contributed by atoms with van der Waals surface area (Å²) in [5.74, 6) is 0.723. The molecule has 3 atom stereocenters. The average molecular weight is 398 g/mol. The first-order chi connectivity index (χ1) is 12.0. The molecule has 1 saturated carbocycles. The van der Waals surface area contributed by atoms with E-state index in [9.17, 15) is 8.42 Å². The Kier molecular flexibility index (Phi) is 4.85. The lowest BCUT2D eigenvalue weighted by Gasteiger charge is -2.38. The average Bonchev–Trinajstić information content (AvgIpc) is 3.08. The molecule has 2 aromatic rings. The van der Waals surface area contributed by atoms with Gasteiger partial charge in [-0.15, -0.1) is 11.3 Å². The Morgan fingerprint density at radius 1 is 1.24 bits per heavy atom. The van der Waals surface area contributed by atoms with E-state index in [1.807, 2.05) is 6.07 Å². The van der Waals surface area contributed by atoms with E-state index < -0.39 is 10.0 Å². The highest BCUT2D eigenvalue weighted by Crippen LogP contribution is 2.38. The third-order valence-corrected chi connectivity index (χ3v) is 7.81. The van der Waals surface area contributed by atoms with Crippen LogP contribution in [-0.2, 0) is 16.6 Å². The number of hydrogen-bond donors (Lipinski definition) is 1. The number of thiophene rings is 1. The van der Waals surface area contributed by atoms with Gasteiger partial charge in [0.25, 0.3) is 0 Å². The summed E-state index contributed by atoms with van der Waals surface area (Å²) in [6.45, 7) is 2.74. The highest BCUT2D eigenvalue weighted by atomic mass is 35.5. The number of sulfonamides is 1. The van der Waals surface area contributed by atoms with Gasteiger partial charge in [0.2, 0.25) is 10.0 Å². The first-order valence-electron chi connectivity index (χ1n) is 8.40. The number of hydrogen-bond acceptors (Lipinski definition) is 5. The SMILES string of the molecule is O=S(=O)(NC1[C@@H]2CC[C@H]1CN(Cc1ccc(Cl)s1)C2)c1cccnc1. The van der Waals surface area contributed by atoms with Crippen LogP contribution in [0, 0.1) is 11.8 Å². The third-order valence-electron chi connectivity index (χ3n) is 5.15. The highest BCUT2D eigenvalue weighted by molar-refractivity contribution is 7.89. The van der Waals surface area contributed by atoms with Crippen LogP contribution in [-0.4, -0.2) is 37.4 Å². The van der Waals surface area contributed by atoms with Crippen molar-refractivity contribution in [2.75, 3.05) is 13.1 Å². The predicted molar refractivity (Wildman–Crippen MR) is 99.2 cm³/mol. The number of piperidine rings is 1. The van der Waals surface area contributed by atoms with Crippen LogP contribution in [0.2, 0.25) is 4.34 Å². The number of pyridine rings is 1. The molecule has 1 saturated heterocycles. The van der Waals surface area contributed by atoms with Gasteiger partial charge >= 0.3 is 0 Å². The normalized spacial score (nSPS) is 26.8. The minimum atomic E-state index is -3.51. The minimum absolute atomic E-state index is 0.0216. The highest BCUT2D eigenvalue weighted by Gasteiger charge is 2.43. The van der Waals surface area contributed by atoms with E-state index in [2.05, 4.69) is 20.7 Å². The second-order valence-corrected chi connectivity index (χ2v) is 10.3. The second-order valence-electron chi connectivity index (χ2n) is 6.83. The molecule has 8 heteroatoms. The molecule has 1 aliphatic heterocycles. The molecule has 1 N–H and O–H groups in total. The molecule has 2 bridgehead atoms. The Bertz CT molecular complexity index is 827. The molecule has 3 heterocycles. The maximum Gasteiger partial charge on any atom is 0.242 e. The van der Waals surface area contributed by atoms with Crippen LogP contribution in [0.5, 0.6) is 0 Å². The number of nitrogens with zero attached hydrogens (tertiary/aromatic N) is 2. The number of halogens is 1. The molecule has 134 valence electrons. The summed E-state index contributed by atoms with van der Waals surface area (Å²) in [5, 5.41) is 0. The fourth-order valence-electron chi connectivity index (χ4n) is 4.05. The summed E-state index contributed by atoms with van der Waals surface area (Å²) >= 11 is 7.64. The van der Waals surface area contributed by atoms with Crippen LogP contribution in [0.15, 0.2) is 41.6 Å². The van der Waals surface area contributed by atoms with Gasteiger partial charge in [-0.25, -0.2) is 13.1 Å². The lowest BCUT2D eigenvalue weighted by Crippen LogP contribution is -2.52. The van der Waals surface area contributed by atoms with E-state index in [1.54, 1.807) is 29.7 Å². The first-order valence-corrected chi connectivity index (χ1v) is 11.1. The van der Waals surface area contributed by atoms with Gasteiger partial charge < -0.3 is 0 Å². The summed E-state index contributed by atoms with van der Waals surface area (Å²) in [5.41, 5.74) is 0. The van der Waals surface area contributed by atoms with E-state index in [1.165, 1.54) is 11.1 Å². The number of rotatable bonds is 5. The monoisotopic (exact) mass is 397 g/mol. The van der Waals surface area contributed by atoms with E-state index in [0.717, 1.165) is 36.8 Å². The van der Waals surface area contributed by atoms with Crippen molar-refractivity contribution in [1.82, 2.24) is 14.6 Å². The lowest BCUT2D eigenvalue weighted by molar-refractivity contribution is 0.134. The lowest BCUT2D eigenvalue weighted by atomic mass is 9.93. The summed E-state index contributed by atoms with van der Waals surface area (Å²) < 4.78 is 29.0. The van der Waals surface area contributed by atoms with Crippen LogP contribution in [0.1, 0.15) is 17.7 Å². The molecule has 0 aromatic carbocycles. The van der Waals surface area contributed by atoms with Crippen molar-refractivity contribution >= 4 is 33.0 Å². The molecule has 1 aliphatic carbocycles. The molecule has 0 amide bonds. The van der Waals surface area contributed by atoms with Gasteiger partial charge in [0, 0.05) is 42.9 Å². The Morgan fingerprint density at radius 2 is 2.00 bits per heavy atom. The van der Waals surface area contributed by atoms with Crippen LogP contribution < -0.4 is 4.72 Å². The van der Waals surface area contributed by atoms with Crippen LogP contribution in [0.4, 0.5) is 0 Å². The maximum absolute atomic E-state index is 12.6. The fourth-order valence-corrected chi connectivity index (χ4v) is 6.52. The molecule has 0 radical (unpaired) electrons. The van der Waals surface area contributed by atoms with Gasteiger partial charge in [-0.05, 0) is 48.9 Å². The van der Waals surface area contributed by atoms with Crippen molar-refractivity contribution in [2.24, 2.45) is 11.8 Å². The van der Waals surface area contributed by atoms with E-state index >= 15 is 0 Å². The number of likely N-dealkylation sites (tertiary alicyclic amines) is 1. The quantitative estimate of drug-likeness (QED) is 0.842. The van der Waals surface area contributed by atoms with Gasteiger partial charge in [0.05, 0.1) is 4.34 Å². The van der Waals surface area contributed by atoms with Crippen molar-refractivity contribution in [2.45, 2.75) is 30.3 Å².